The topological polar surface area (TPSA) is 99.7 Å². The molecule has 0 spiro atoms. The highest BCUT2D eigenvalue weighted by Crippen LogP contribution is 2.29. The second-order valence-electron chi connectivity index (χ2n) is 8.90. The number of hydrogen-bond donors (Lipinski definition) is 1. The van der Waals surface area contributed by atoms with Crippen LogP contribution >= 0.6 is 22.9 Å². The van der Waals surface area contributed by atoms with E-state index in [-0.39, 0.29) is 30.1 Å². The van der Waals surface area contributed by atoms with Gasteiger partial charge in [0.2, 0.25) is 15.9 Å². The molecule has 0 aliphatic carbocycles. The second kappa shape index (κ2) is 11.7. The van der Waals surface area contributed by atoms with E-state index in [0.29, 0.717) is 27.8 Å². The van der Waals surface area contributed by atoms with Gasteiger partial charge in [0.1, 0.15) is 11.9 Å². The number of sulfonamides is 1. The van der Waals surface area contributed by atoms with E-state index < -0.39 is 27.8 Å². The Kier molecular flexibility index (Phi) is 8.61. The van der Waals surface area contributed by atoms with Crippen LogP contribution in [0, 0.1) is 5.82 Å². The van der Waals surface area contributed by atoms with E-state index >= 15 is 4.39 Å². The van der Waals surface area contributed by atoms with E-state index in [2.05, 4.69) is 9.71 Å². The maximum atomic E-state index is 15.0. The van der Waals surface area contributed by atoms with Crippen LogP contribution in [0.1, 0.15) is 34.1 Å². The van der Waals surface area contributed by atoms with Crippen molar-refractivity contribution in [2.75, 3.05) is 25.0 Å². The van der Waals surface area contributed by atoms with Crippen LogP contribution in [0.5, 0.6) is 0 Å². The Morgan fingerprint density at radius 3 is 2.76 bits per heavy atom. The largest absolute Gasteiger partial charge is 0.341 e. The summed E-state index contributed by atoms with van der Waals surface area (Å²) in [4.78, 5) is 33.2. The number of halogens is 2. The maximum absolute atomic E-state index is 15.0. The van der Waals surface area contributed by atoms with Gasteiger partial charge in [0.15, 0.2) is 0 Å². The Morgan fingerprint density at radius 2 is 2.11 bits per heavy atom. The van der Waals surface area contributed by atoms with Gasteiger partial charge in [0.05, 0.1) is 15.4 Å². The zero-order chi connectivity index (χ0) is 27.4. The molecule has 0 saturated carbocycles. The molecule has 12 heteroatoms. The van der Waals surface area contributed by atoms with Gasteiger partial charge in [-0.3, -0.25) is 14.6 Å². The van der Waals surface area contributed by atoms with E-state index in [1.54, 1.807) is 38.5 Å². The SMILES string of the molecule is C/C(=C\S(=O)(=O)NC1CCN(c2ccc(C(=O)N(C)CCc3cccnc3)cc2F)C1=O)c1ccc(Cl)s1. The second-order valence-corrected chi connectivity index (χ2v) is 12.2. The van der Waals surface area contributed by atoms with Crippen molar-refractivity contribution < 1.29 is 22.4 Å². The molecule has 1 aliphatic rings. The van der Waals surface area contributed by atoms with Crippen molar-refractivity contribution in [1.29, 1.82) is 0 Å². The van der Waals surface area contributed by atoms with Gasteiger partial charge in [-0.25, -0.2) is 12.8 Å². The van der Waals surface area contributed by atoms with Crippen LogP contribution < -0.4 is 9.62 Å². The number of anilines is 1. The summed E-state index contributed by atoms with van der Waals surface area (Å²) < 4.78 is 43.3. The number of carbonyl (C=O) groups excluding carboxylic acids is 2. The van der Waals surface area contributed by atoms with Gasteiger partial charge < -0.3 is 9.80 Å². The first-order valence-electron chi connectivity index (χ1n) is 11.8. The molecule has 1 aromatic carbocycles. The molecule has 0 bridgehead atoms. The first-order chi connectivity index (χ1) is 18.0. The minimum absolute atomic E-state index is 0.00814. The predicted octanol–water partition coefficient (Wildman–Crippen LogP) is 4.34. The van der Waals surface area contributed by atoms with Crippen LogP contribution in [0.25, 0.3) is 5.57 Å². The van der Waals surface area contributed by atoms with Crippen molar-refractivity contribution in [1.82, 2.24) is 14.6 Å². The highest BCUT2D eigenvalue weighted by molar-refractivity contribution is 7.92. The molecule has 1 atom stereocenters. The number of aromatic nitrogens is 1. The summed E-state index contributed by atoms with van der Waals surface area (Å²) in [5.41, 5.74) is 1.60. The van der Waals surface area contributed by atoms with Gasteiger partial charge >= 0.3 is 0 Å². The Morgan fingerprint density at radius 1 is 1.32 bits per heavy atom. The molecule has 0 radical (unpaired) electrons. The zero-order valence-electron chi connectivity index (χ0n) is 20.7. The molecular weight excluding hydrogens is 551 g/mol. The van der Waals surface area contributed by atoms with Crippen LogP contribution in [0.15, 0.2) is 60.3 Å². The molecule has 1 fully saturated rings. The standard InChI is InChI=1S/C26H26ClFN4O4S2/c1-17(23-7-8-24(27)37-23)16-38(35,36)30-21-10-13-32(26(21)34)22-6-5-19(14-20(22)28)25(33)31(2)12-9-18-4-3-11-29-15-18/h3-8,11,14-16,21,30H,9-10,12-13H2,1-2H3/b17-16+. The fourth-order valence-corrected chi connectivity index (χ4v) is 6.47. The number of nitrogens with one attached hydrogen (secondary N) is 1. The van der Waals surface area contributed by atoms with Crippen molar-refractivity contribution in [2.45, 2.75) is 25.8 Å². The van der Waals surface area contributed by atoms with Gasteiger partial charge in [-0.05, 0) is 67.3 Å². The predicted molar refractivity (Wildman–Crippen MR) is 147 cm³/mol. The van der Waals surface area contributed by atoms with Crippen LogP contribution in [0.4, 0.5) is 10.1 Å². The summed E-state index contributed by atoms with van der Waals surface area (Å²) in [5.74, 6) is -1.66. The summed E-state index contributed by atoms with van der Waals surface area (Å²) in [6, 6.07) is 10.0. The van der Waals surface area contributed by atoms with Crippen molar-refractivity contribution in [3.8, 4) is 0 Å². The average molecular weight is 577 g/mol. The average Bonchev–Trinajstić information content (AvgIpc) is 3.47. The molecule has 4 rings (SSSR count). The monoisotopic (exact) mass is 576 g/mol. The van der Waals surface area contributed by atoms with Gasteiger partial charge in [-0.2, -0.15) is 4.72 Å². The normalized spacial score (nSPS) is 16.2. The number of allylic oxidation sites excluding steroid dienone is 1. The fourth-order valence-electron chi connectivity index (χ4n) is 4.10. The van der Waals surface area contributed by atoms with Gasteiger partial charge in [-0.1, -0.05) is 17.7 Å². The van der Waals surface area contributed by atoms with Gasteiger partial charge in [0.25, 0.3) is 5.91 Å². The minimum atomic E-state index is -3.95. The number of nitrogens with zero attached hydrogens (tertiary/aromatic N) is 3. The Bertz CT molecular complexity index is 1480. The lowest BCUT2D eigenvalue weighted by Gasteiger charge is -2.20. The zero-order valence-corrected chi connectivity index (χ0v) is 23.1. The molecule has 38 heavy (non-hydrogen) atoms. The van der Waals surface area contributed by atoms with Crippen molar-refractivity contribution in [2.24, 2.45) is 0 Å². The lowest BCUT2D eigenvalue weighted by Crippen LogP contribution is -2.41. The summed E-state index contributed by atoms with van der Waals surface area (Å²) in [5, 5.41) is 1.05. The van der Waals surface area contributed by atoms with E-state index in [9.17, 15) is 18.0 Å². The van der Waals surface area contributed by atoms with Gasteiger partial charge in [-0.15, -0.1) is 11.3 Å². The number of carbonyl (C=O) groups is 2. The molecule has 200 valence electrons. The maximum Gasteiger partial charge on any atom is 0.253 e. The summed E-state index contributed by atoms with van der Waals surface area (Å²) in [6.07, 6.45) is 4.18. The minimum Gasteiger partial charge on any atom is -0.341 e. The highest BCUT2D eigenvalue weighted by atomic mass is 35.5. The smallest absolute Gasteiger partial charge is 0.253 e. The molecular formula is C26H26ClFN4O4S2. The van der Waals surface area contributed by atoms with Crippen LogP contribution in [-0.2, 0) is 21.2 Å². The molecule has 8 nitrogen and oxygen atoms in total. The number of pyridine rings is 1. The molecule has 2 aromatic heterocycles. The summed E-state index contributed by atoms with van der Waals surface area (Å²) in [7, 11) is -2.32. The molecule has 1 aliphatic heterocycles. The number of thiophene rings is 1. The fraction of sp³-hybridized carbons (Fsp3) is 0.269. The quantitative estimate of drug-likeness (QED) is 0.409. The lowest BCUT2D eigenvalue weighted by molar-refractivity contribution is -0.118. The van der Waals surface area contributed by atoms with Gasteiger partial charge in [0, 0.05) is 43.0 Å². The molecule has 3 heterocycles. The first kappa shape index (κ1) is 27.9. The third-order valence-corrected chi connectivity index (χ3v) is 8.74. The van der Waals surface area contributed by atoms with E-state index in [0.717, 1.165) is 17.0 Å². The van der Waals surface area contributed by atoms with Crippen LogP contribution in [0.3, 0.4) is 0 Å². The summed E-state index contributed by atoms with van der Waals surface area (Å²) in [6.45, 7) is 2.19. The number of amides is 2. The van der Waals surface area contributed by atoms with E-state index in [4.69, 9.17) is 11.6 Å². The molecule has 2 amide bonds. The summed E-state index contributed by atoms with van der Waals surface area (Å²) >= 11 is 7.17. The molecule has 1 N–H and O–H groups in total. The Labute approximate surface area is 229 Å². The van der Waals surface area contributed by atoms with E-state index in [1.807, 2.05) is 12.1 Å². The Balaban J connectivity index is 1.40. The van der Waals surface area contributed by atoms with Crippen molar-refractivity contribution in [3.05, 3.63) is 86.4 Å². The van der Waals surface area contributed by atoms with Crippen LogP contribution in [0.2, 0.25) is 4.34 Å². The van der Waals surface area contributed by atoms with Crippen molar-refractivity contribution >= 4 is 56.0 Å². The first-order valence-corrected chi connectivity index (χ1v) is 14.5. The third kappa shape index (κ3) is 6.65. The Hall–Kier alpha value is -3.12. The third-order valence-electron chi connectivity index (χ3n) is 6.10. The number of benzene rings is 1. The number of rotatable bonds is 9. The molecule has 3 aromatic rings. The molecule has 1 saturated heterocycles. The lowest BCUT2D eigenvalue weighted by atomic mass is 10.1. The number of hydrogen-bond acceptors (Lipinski definition) is 6. The van der Waals surface area contributed by atoms with Crippen molar-refractivity contribution in [3.63, 3.8) is 0 Å². The number of likely N-dealkylation sites (N-methyl/N-ethyl adjacent to an activating group) is 1. The van der Waals surface area contributed by atoms with E-state index in [1.165, 1.54) is 33.3 Å². The van der Waals surface area contributed by atoms with Crippen LogP contribution in [-0.4, -0.2) is 56.3 Å². The highest BCUT2D eigenvalue weighted by Gasteiger charge is 2.36. The molecule has 1 unspecified atom stereocenters.